The maximum Gasteiger partial charge on any atom is 0.320 e. The molecule has 1 N–H and O–H groups in total. The Hall–Kier alpha value is -0.660. The van der Waals surface area contributed by atoms with E-state index >= 15 is 0 Å². The van der Waals surface area contributed by atoms with Crippen LogP contribution in [-0.4, -0.2) is 56.4 Å². The van der Waals surface area contributed by atoms with Gasteiger partial charge in [-0.1, -0.05) is 0 Å². The number of aliphatic carboxylic acids is 1. The smallest absolute Gasteiger partial charge is 0.320 e. The van der Waals surface area contributed by atoms with Crippen molar-refractivity contribution in [1.29, 1.82) is 0 Å². The third kappa shape index (κ3) is 4.91. The zero-order valence-electron chi connectivity index (χ0n) is 9.26. The molecule has 0 atom stereocenters. The van der Waals surface area contributed by atoms with Gasteiger partial charge >= 0.3 is 5.97 Å². The van der Waals surface area contributed by atoms with Gasteiger partial charge in [0.1, 0.15) is 0 Å². The van der Waals surface area contributed by atoms with E-state index in [9.17, 15) is 13.2 Å². The largest absolute Gasteiger partial charge is 0.480 e. The number of carboxylic acids is 1. The number of hydrogen-bond donors (Lipinski definition) is 1. The lowest BCUT2D eigenvalue weighted by Crippen LogP contribution is -2.34. The van der Waals surface area contributed by atoms with Crippen molar-refractivity contribution in [3.8, 4) is 0 Å². The molecule has 0 radical (unpaired) electrons. The van der Waals surface area contributed by atoms with Crippen LogP contribution in [0.3, 0.4) is 0 Å². The second-order valence-corrected chi connectivity index (χ2v) is 6.07. The number of carboxylic acid groups (broad SMARTS) is 1. The van der Waals surface area contributed by atoms with Crippen molar-refractivity contribution in [2.75, 3.05) is 32.6 Å². The Kier molecular flexibility index (Phi) is 4.69. The van der Waals surface area contributed by atoms with Crippen molar-refractivity contribution in [1.82, 2.24) is 4.31 Å². The Labute approximate surface area is 95.2 Å². The van der Waals surface area contributed by atoms with Crippen molar-refractivity contribution >= 4 is 16.0 Å². The predicted octanol–water partition coefficient (Wildman–Crippen LogP) is -0.241. The zero-order valence-corrected chi connectivity index (χ0v) is 10.1. The normalized spacial score (nSPS) is 16.6. The maximum atomic E-state index is 11.4. The van der Waals surface area contributed by atoms with E-state index in [4.69, 9.17) is 9.84 Å². The molecule has 1 fully saturated rings. The second-order valence-electron chi connectivity index (χ2n) is 3.99. The van der Waals surface area contributed by atoms with E-state index < -0.39 is 21.7 Å². The van der Waals surface area contributed by atoms with Crippen LogP contribution in [0.25, 0.3) is 0 Å². The van der Waals surface area contributed by atoms with Crippen LogP contribution in [0.2, 0.25) is 0 Å². The van der Waals surface area contributed by atoms with Gasteiger partial charge in [0.2, 0.25) is 10.0 Å². The van der Waals surface area contributed by atoms with Gasteiger partial charge in [-0.05, 0) is 18.8 Å². The Bertz CT molecular complexity index is 336. The maximum absolute atomic E-state index is 11.4. The highest BCUT2D eigenvalue weighted by molar-refractivity contribution is 7.89. The van der Waals surface area contributed by atoms with Gasteiger partial charge < -0.3 is 9.84 Å². The van der Waals surface area contributed by atoms with E-state index in [1.54, 1.807) is 0 Å². The molecule has 0 aromatic carbocycles. The fraction of sp³-hybridized carbons (Fsp3) is 0.889. The molecule has 0 heterocycles. The molecule has 0 bridgehead atoms. The van der Waals surface area contributed by atoms with Gasteiger partial charge in [-0.3, -0.25) is 4.79 Å². The number of ether oxygens (including phenoxy) is 1. The summed E-state index contributed by atoms with van der Waals surface area (Å²) >= 11 is 0. The standard InChI is InChI=1S/C9H17NO5S/c1-10(16(13,14)7-9(11)12)4-5-15-6-8-2-3-8/h8H,2-7H2,1H3,(H,11,12). The number of nitrogens with zero attached hydrogens (tertiary/aromatic N) is 1. The second kappa shape index (κ2) is 5.60. The summed E-state index contributed by atoms with van der Waals surface area (Å²) in [6.07, 6.45) is 2.38. The lowest BCUT2D eigenvalue weighted by molar-refractivity contribution is -0.134. The molecular weight excluding hydrogens is 234 g/mol. The van der Waals surface area contributed by atoms with E-state index in [2.05, 4.69) is 0 Å². The molecule has 1 saturated carbocycles. The van der Waals surface area contributed by atoms with Gasteiger partial charge in [0.25, 0.3) is 0 Å². The van der Waals surface area contributed by atoms with E-state index in [-0.39, 0.29) is 6.54 Å². The minimum atomic E-state index is -3.69. The lowest BCUT2D eigenvalue weighted by atomic mass is 10.5. The van der Waals surface area contributed by atoms with Crippen molar-refractivity contribution in [3.63, 3.8) is 0 Å². The molecule has 16 heavy (non-hydrogen) atoms. The molecule has 6 nitrogen and oxygen atoms in total. The molecular formula is C9H17NO5S. The van der Waals surface area contributed by atoms with Crippen LogP contribution in [0.5, 0.6) is 0 Å². The van der Waals surface area contributed by atoms with E-state index in [0.29, 0.717) is 19.1 Å². The van der Waals surface area contributed by atoms with Crippen molar-refractivity contribution in [2.24, 2.45) is 5.92 Å². The third-order valence-corrected chi connectivity index (χ3v) is 4.13. The molecule has 7 heteroatoms. The number of likely N-dealkylation sites (N-methyl/N-ethyl adjacent to an activating group) is 1. The van der Waals surface area contributed by atoms with Crippen LogP contribution in [-0.2, 0) is 19.6 Å². The third-order valence-electron chi connectivity index (χ3n) is 2.38. The first-order valence-electron chi connectivity index (χ1n) is 5.15. The first kappa shape index (κ1) is 13.4. The Morgan fingerprint density at radius 1 is 1.50 bits per heavy atom. The number of carbonyl (C=O) groups is 1. The summed E-state index contributed by atoms with van der Waals surface area (Å²) in [6, 6.07) is 0. The van der Waals surface area contributed by atoms with Gasteiger partial charge in [-0.15, -0.1) is 0 Å². The zero-order chi connectivity index (χ0) is 12.2. The molecule has 0 saturated heterocycles. The molecule has 0 aliphatic heterocycles. The van der Waals surface area contributed by atoms with E-state index in [1.165, 1.54) is 19.9 Å². The topological polar surface area (TPSA) is 83.9 Å². The number of hydrogen-bond acceptors (Lipinski definition) is 4. The van der Waals surface area contributed by atoms with Crippen LogP contribution >= 0.6 is 0 Å². The van der Waals surface area contributed by atoms with E-state index in [1.807, 2.05) is 0 Å². The molecule has 1 aliphatic carbocycles. The average molecular weight is 251 g/mol. The SMILES string of the molecule is CN(CCOCC1CC1)S(=O)(=O)CC(=O)O. The van der Waals surface area contributed by atoms with Gasteiger partial charge in [0.15, 0.2) is 5.75 Å². The highest BCUT2D eigenvalue weighted by Gasteiger charge is 2.23. The minimum Gasteiger partial charge on any atom is -0.480 e. The van der Waals surface area contributed by atoms with Crippen LogP contribution in [0.15, 0.2) is 0 Å². The molecule has 94 valence electrons. The lowest BCUT2D eigenvalue weighted by Gasteiger charge is -2.15. The summed E-state index contributed by atoms with van der Waals surface area (Å²) in [7, 11) is -2.33. The minimum absolute atomic E-state index is 0.197. The summed E-state index contributed by atoms with van der Waals surface area (Å²) in [5, 5.41) is 8.41. The van der Waals surface area contributed by atoms with Gasteiger partial charge in [0.05, 0.1) is 6.61 Å². The van der Waals surface area contributed by atoms with Crippen LogP contribution in [0.1, 0.15) is 12.8 Å². The van der Waals surface area contributed by atoms with Crippen molar-refractivity contribution < 1.29 is 23.1 Å². The van der Waals surface area contributed by atoms with Crippen LogP contribution < -0.4 is 0 Å². The molecule has 0 aromatic rings. The van der Waals surface area contributed by atoms with Gasteiger partial charge in [0, 0.05) is 20.2 Å². The predicted molar refractivity (Wildman–Crippen MR) is 57.6 cm³/mol. The first-order chi connectivity index (χ1) is 7.42. The van der Waals surface area contributed by atoms with Gasteiger partial charge in [-0.25, -0.2) is 12.7 Å². The monoisotopic (exact) mass is 251 g/mol. The summed E-state index contributed by atoms with van der Waals surface area (Å²) in [6.45, 7) is 1.18. The quantitative estimate of drug-likeness (QED) is 0.602. The molecule has 0 aromatic heterocycles. The molecule has 0 amide bonds. The van der Waals surface area contributed by atoms with Crippen LogP contribution in [0.4, 0.5) is 0 Å². The highest BCUT2D eigenvalue weighted by Crippen LogP contribution is 2.28. The molecule has 0 spiro atoms. The Morgan fingerprint density at radius 2 is 2.12 bits per heavy atom. The molecule has 0 unspecified atom stereocenters. The summed E-state index contributed by atoms with van der Waals surface area (Å²) < 4.78 is 29.0. The highest BCUT2D eigenvalue weighted by atomic mass is 32.2. The van der Waals surface area contributed by atoms with Crippen LogP contribution in [0, 0.1) is 5.92 Å². The Balaban J connectivity index is 2.21. The summed E-state index contributed by atoms with van der Waals surface area (Å²) in [5.74, 6) is -1.57. The number of rotatable bonds is 8. The summed E-state index contributed by atoms with van der Waals surface area (Å²) in [5.41, 5.74) is 0. The van der Waals surface area contributed by atoms with Crippen molar-refractivity contribution in [3.05, 3.63) is 0 Å². The average Bonchev–Trinajstić information content (AvgIpc) is 2.93. The summed E-state index contributed by atoms with van der Waals surface area (Å²) in [4.78, 5) is 10.3. The molecule has 1 rings (SSSR count). The fourth-order valence-electron chi connectivity index (χ4n) is 1.13. The Morgan fingerprint density at radius 3 is 2.62 bits per heavy atom. The first-order valence-corrected chi connectivity index (χ1v) is 6.76. The number of sulfonamides is 1. The van der Waals surface area contributed by atoms with Gasteiger partial charge in [-0.2, -0.15) is 0 Å². The fourth-order valence-corrected chi connectivity index (χ4v) is 2.02. The van der Waals surface area contributed by atoms with E-state index in [0.717, 1.165) is 4.31 Å². The van der Waals surface area contributed by atoms with Crippen molar-refractivity contribution in [2.45, 2.75) is 12.8 Å². The molecule has 1 aliphatic rings.